The Hall–Kier alpha value is -3.33. The second-order valence-corrected chi connectivity index (χ2v) is 9.77. The van der Waals surface area contributed by atoms with Gasteiger partial charge in [0.15, 0.2) is 0 Å². The third-order valence-electron chi connectivity index (χ3n) is 5.59. The van der Waals surface area contributed by atoms with Crippen molar-refractivity contribution in [3.63, 3.8) is 0 Å². The van der Waals surface area contributed by atoms with Gasteiger partial charge in [-0.05, 0) is 49.2 Å². The molecule has 0 saturated carbocycles. The van der Waals surface area contributed by atoms with Crippen LogP contribution in [0.25, 0.3) is 10.8 Å². The number of thioether (sulfide) groups is 1. The molecule has 4 rings (SSSR count). The van der Waals surface area contributed by atoms with Gasteiger partial charge in [0, 0.05) is 28.4 Å². The maximum absolute atomic E-state index is 13.7. The van der Waals surface area contributed by atoms with Crippen molar-refractivity contribution in [1.29, 1.82) is 0 Å². The highest BCUT2D eigenvalue weighted by atomic mass is 35.5. The first kappa shape index (κ1) is 27.3. The Bertz CT molecular complexity index is 1250. The van der Waals surface area contributed by atoms with Gasteiger partial charge in [0.25, 0.3) is 0 Å². The largest absolute Gasteiger partial charge is 0.473 e. The average molecular weight is 527 g/mol. The lowest BCUT2D eigenvalue weighted by molar-refractivity contribution is -0.159. The summed E-state index contributed by atoms with van der Waals surface area (Å²) in [4.78, 5) is 37.2. The summed E-state index contributed by atoms with van der Waals surface area (Å²) in [5.74, 6) is -3.51. The minimum atomic E-state index is -1.82. The summed E-state index contributed by atoms with van der Waals surface area (Å²) in [6, 6.07) is 20.2. The number of amides is 1. The van der Waals surface area contributed by atoms with Crippen LogP contribution in [0.2, 0.25) is 5.02 Å². The van der Waals surface area contributed by atoms with E-state index in [1.807, 2.05) is 47.4 Å². The minimum Gasteiger partial charge on any atom is -0.473 e. The standard InChI is InChI=1S/C25H25ClN2OS.C2H2O4/c1-3-15-27(2)16-6-17-28-23-21-8-5-4-7-18(21)11-14-22(23)30-24(25(28)29)19-9-12-20(26)13-10-19;3-1(4)2(5)6/h3-5,7-14,24H,1,6,15-17H2,2H3;(H,3,4)(H,5,6). The second-order valence-electron chi connectivity index (χ2n) is 8.19. The van der Waals surface area contributed by atoms with E-state index in [9.17, 15) is 4.79 Å². The van der Waals surface area contributed by atoms with Gasteiger partial charge in [-0.1, -0.05) is 60.1 Å². The molecule has 1 aliphatic rings. The van der Waals surface area contributed by atoms with Crippen molar-refractivity contribution in [1.82, 2.24) is 4.90 Å². The SMILES string of the molecule is C=CCN(C)CCCN1C(=O)C(c2ccc(Cl)cc2)Sc2ccc3ccccc3c21.O=C(O)C(=O)O. The molecule has 36 heavy (non-hydrogen) atoms. The Labute approximate surface area is 219 Å². The van der Waals surface area contributed by atoms with Gasteiger partial charge in [-0.2, -0.15) is 0 Å². The molecule has 0 radical (unpaired) electrons. The van der Waals surface area contributed by atoms with Gasteiger partial charge in [0.05, 0.1) is 5.69 Å². The van der Waals surface area contributed by atoms with Crippen molar-refractivity contribution < 1.29 is 24.6 Å². The number of hydrogen-bond acceptors (Lipinski definition) is 5. The van der Waals surface area contributed by atoms with E-state index in [0.29, 0.717) is 11.6 Å². The quantitative estimate of drug-likeness (QED) is 0.317. The maximum Gasteiger partial charge on any atom is 0.414 e. The number of rotatable bonds is 7. The number of aliphatic carboxylic acids is 2. The molecule has 0 spiro atoms. The third-order valence-corrected chi connectivity index (χ3v) is 7.13. The first-order chi connectivity index (χ1) is 17.2. The van der Waals surface area contributed by atoms with Gasteiger partial charge in [-0.25, -0.2) is 9.59 Å². The number of halogens is 1. The summed E-state index contributed by atoms with van der Waals surface area (Å²) in [5, 5.41) is 17.5. The number of anilines is 1. The Morgan fingerprint density at radius 1 is 1.08 bits per heavy atom. The van der Waals surface area contributed by atoms with E-state index < -0.39 is 11.9 Å². The molecule has 9 heteroatoms. The molecule has 3 aromatic rings. The number of carbonyl (C=O) groups excluding carboxylic acids is 1. The molecule has 0 bridgehead atoms. The van der Waals surface area contributed by atoms with E-state index in [-0.39, 0.29) is 11.2 Å². The highest BCUT2D eigenvalue weighted by Crippen LogP contribution is 2.49. The van der Waals surface area contributed by atoms with Crippen molar-refractivity contribution in [2.24, 2.45) is 0 Å². The van der Waals surface area contributed by atoms with Gasteiger partial charge >= 0.3 is 11.9 Å². The summed E-state index contributed by atoms with van der Waals surface area (Å²) >= 11 is 7.70. The number of hydrogen-bond donors (Lipinski definition) is 2. The second kappa shape index (κ2) is 12.6. The summed E-state index contributed by atoms with van der Waals surface area (Å²) in [5.41, 5.74) is 2.03. The molecule has 0 fully saturated rings. The van der Waals surface area contributed by atoms with Gasteiger partial charge in [-0.15, -0.1) is 18.3 Å². The van der Waals surface area contributed by atoms with E-state index in [4.69, 9.17) is 31.4 Å². The predicted molar refractivity (Wildman–Crippen MR) is 144 cm³/mol. The summed E-state index contributed by atoms with van der Waals surface area (Å²) in [6.45, 7) is 6.25. The van der Waals surface area contributed by atoms with Crippen molar-refractivity contribution in [3.8, 4) is 0 Å². The molecule has 0 saturated heterocycles. The molecule has 1 heterocycles. The highest BCUT2D eigenvalue weighted by molar-refractivity contribution is 8.00. The fourth-order valence-corrected chi connectivity index (χ4v) is 5.30. The van der Waals surface area contributed by atoms with Crippen LogP contribution in [0.3, 0.4) is 0 Å². The van der Waals surface area contributed by atoms with E-state index in [1.165, 1.54) is 0 Å². The van der Waals surface area contributed by atoms with Crippen LogP contribution in [0.4, 0.5) is 5.69 Å². The highest BCUT2D eigenvalue weighted by Gasteiger charge is 2.35. The monoisotopic (exact) mass is 526 g/mol. The third kappa shape index (κ3) is 6.66. The van der Waals surface area contributed by atoms with Crippen LogP contribution < -0.4 is 4.90 Å². The lowest BCUT2D eigenvalue weighted by Crippen LogP contribution is -2.39. The zero-order valence-corrected chi connectivity index (χ0v) is 21.3. The van der Waals surface area contributed by atoms with Gasteiger partial charge in [0.1, 0.15) is 5.25 Å². The molecule has 7 nitrogen and oxygen atoms in total. The Morgan fingerprint density at radius 3 is 2.39 bits per heavy atom. The van der Waals surface area contributed by atoms with Crippen LogP contribution in [0, 0.1) is 0 Å². The summed E-state index contributed by atoms with van der Waals surface area (Å²) < 4.78 is 0. The van der Waals surface area contributed by atoms with Crippen LogP contribution >= 0.6 is 23.4 Å². The molecule has 1 aliphatic heterocycles. The number of likely N-dealkylation sites (N-methyl/N-ethyl adjacent to an activating group) is 1. The lowest BCUT2D eigenvalue weighted by atomic mass is 10.1. The Morgan fingerprint density at radius 2 is 1.75 bits per heavy atom. The summed E-state index contributed by atoms with van der Waals surface area (Å²) in [6.07, 6.45) is 2.80. The number of fused-ring (bicyclic) bond motifs is 3. The van der Waals surface area contributed by atoms with Crippen molar-refractivity contribution >= 4 is 57.7 Å². The zero-order valence-electron chi connectivity index (χ0n) is 19.8. The molecule has 1 amide bonds. The van der Waals surface area contributed by atoms with Crippen molar-refractivity contribution in [3.05, 3.63) is 83.9 Å². The van der Waals surface area contributed by atoms with Crippen LogP contribution in [0.15, 0.2) is 78.2 Å². The fourth-order valence-electron chi connectivity index (χ4n) is 3.92. The minimum absolute atomic E-state index is 0.137. The topological polar surface area (TPSA) is 98.2 Å². The van der Waals surface area contributed by atoms with Crippen LogP contribution in [0.1, 0.15) is 17.2 Å². The number of nitrogens with zero attached hydrogens (tertiary/aromatic N) is 2. The number of carboxylic acids is 2. The maximum atomic E-state index is 13.7. The number of carbonyl (C=O) groups is 3. The molecule has 3 aromatic carbocycles. The normalized spacial score (nSPS) is 14.7. The molecule has 1 unspecified atom stereocenters. The zero-order chi connectivity index (χ0) is 26.2. The predicted octanol–water partition coefficient (Wildman–Crippen LogP) is 5.34. The van der Waals surface area contributed by atoms with E-state index >= 15 is 0 Å². The van der Waals surface area contributed by atoms with Crippen molar-refractivity contribution in [2.45, 2.75) is 16.6 Å². The van der Waals surface area contributed by atoms with E-state index in [1.54, 1.807) is 11.8 Å². The molecule has 1 atom stereocenters. The van der Waals surface area contributed by atoms with Crippen LogP contribution in [0.5, 0.6) is 0 Å². The summed E-state index contributed by atoms with van der Waals surface area (Å²) in [7, 11) is 2.08. The van der Waals surface area contributed by atoms with Gasteiger partial charge in [-0.3, -0.25) is 4.79 Å². The molecule has 2 N–H and O–H groups in total. The van der Waals surface area contributed by atoms with Crippen molar-refractivity contribution in [2.75, 3.05) is 31.6 Å². The van der Waals surface area contributed by atoms with Crippen LogP contribution in [-0.4, -0.2) is 59.6 Å². The van der Waals surface area contributed by atoms with Gasteiger partial charge in [0.2, 0.25) is 5.91 Å². The molecule has 0 aliphatic carbocycles. The number of benzene rings is 3. The lowest BCUT2D eigenvalue weighted by Gasteiger charge is -2.35. The Kier molecular flexibility index (Phi) is 9.52. The molecular weight excluding hydrogens is 500 g/mol. The number of carboxylic acid groups (broad SMARTS) is 2. The molecule has 188 valence electrons. The first-order valence-corrected chi connectivity index (χ1v) is 12.5. The molecule has 0 aromatic heterocycles. The van der Waals surface area contributed by atoms with Crippen LogP contribution in [-0.2, 0) is 14.4 Å². The Balaban J connectivity index is 0.000000538. The fraction of sp³-hybridized carbons (Fsp3) is 0.222. The van der Waals surface area contributed by atoms with Gasteiger partial charge < -0.3 is 20.0 Å². The van der Waals surface area contributed by atoms with E-state index in [2.05, 4.69) is 42.8 Å². The first-order valence-electron chi connectivity index (χ1n) is 11.2. The molecular formula is C27H27ClN2O5S. The smallest absolute Gasteiger partial charge is 0.414 e. The average Bonchev–Trinajstić information content (AvgIpc) is 2.86. The van der Waals surface area contributed by atoms with E-state index in [0.717, 1.165) is 46.4 Å².